The molecule has 0 aliphatic carbocycles. The van der Waals surface area contributed by atoms with Gasteiger partial charge in [0.2, 0.25) is 0 Å². The summed E-state index contributed by atoms with van der Waals surface area (Å²) in [6.45, 7) is 6.22. The molecule has 2 aromatic rings. The Bertz CT molecular complexity index is 519. The first kappa shape index (κ1) is 13.3. The standard InChI is InChI=1S/C13H19N5O2/c1-2-3-11(18-7-5-14-6-8-18)12-15-13(20-17-12)10-4-9-19-16-10/h4,9,11,14H,2-3,5-8H2,1H3. The Balaban J connectivity index is 1.80. The van der Waals surface area contributed by atoms with Gasteiger partial charge in [-0.2, -0.15) is 4.98 Å². The van der Waals surface area contributed by atoms with Crippen LogP contribution in [0.2, 0.25) is 0 Å². The number of piperazine rings is 1. The highest BCUT2D eigenvalue weighted by molar-refractivity contribution is 5.44. The molecule has 1 saturated heterocycles. The molecule has 7 nitrogen and oxygen atoms in total. The van der Waals surface area contributed by atoms with Gasteiger partial charge in [0.25, 0.3) is 5.89 Å². The largest absolute Gasteiger partial charge is 0.364 e. The summed E-state index contributed by atoms with van der Waals surface area (Å²) in [5.41, 5.74) is 0.583. The maximum atomic E-state index is 5.30. The lowest BCUT2D eigenvalue weighted by Crippen LogP contribution is -2.45. The summed E-state index contributed by atoms with van der Waals surface area (Å²) in [4.78, 5) is 6.90. The Hall–Kier alpha value is -1.73. The molecule has 0 aromatic carbocycles. The van der Waals surface area contributed by atoms with Crippen molar-refractivity contribution in [1.29, 1.82) is 0 Å². The van der Waals surface area contributed by atoms with Crippen molar-refractivity contribution < 1.29 is 9.05 Å². The normalized spacial score (nSPS) is 18.2. The Morgan fingerprint density at radius 1 is 1.35 bits per heavy atom. The molecule has 0 saturated carbocycles. The van der Waals surface area contributed by atoms with Crippen LogP contribution in [0.15, 0.2) is 21.4 Å². The lowest BCUT2D eigenvalue weighted by molar-refractivity contribution is 0.155. The number of aromatic nitrogens is 3. The Morgan fingerprint density at radius 2 is 2.20 bits per heavy atom. The van der Waals surface area contributed by atoms with Crippen molar-refractivity contribution in [2.24, 2.45) is 0 Å². The van der Waals surface area contributed by atoms with Crippen LogP contribution < -0.4 is 5.32 Å². The number of nitrogens with zero attached hydrogens (tertiary/aromatic N) is 4. The van der Waals surface area contributed by atoms with Crippen LogP contribution in [-0.2, 0) is 0 Å². The van der Waals surface area contributed by atoms with Gasteiger partial charge >= 0.3 is 0 Å². The van der Waals surface area contributed by atoms with E-state index in [4.69, 9.17) is 9.05 Å². The summed E-state index contributed by atoms with van der Waals surface area (Å²) in [5, 5.41) is 11.3. The fourth-order valence-electron chi connectivity index (χ4n) is 2.54. The van der Waals surface area contributed by atoms with Crippen LogP contribution in [-0.4, -0.2) is 46.4 Å². The molecular weight excluding hydrogens is 258 g/mol. The predicted molar refractivity (Wildman–Crippen MR) is 71.9 cm³/mol. The molecule has 108 valence electrons. The minimum Gasteiger partial charge on any atom is -0.364 e. The van der Waals surface area contributed by atoms with Crippen LogP contribution in [0.25, 0.3) is 11.6 Å². The minimum atomic E-state index is 0.214. The van der Waals surface area contributed by atoms with Gasteiger partial charge in [0.1, 0.15) is 6.26 Å². The third-order valence-electron chi connectivity index (χ3n) is 3.55. The van der Waals surface area contributed by atoms with E-state index >= 15 is 0 Å². The number of rotatable bonds is 5. The summed E-state index contributed by atoms with van der Waals surface area (Å²) in [7, 11) is 0. The maximum absolute atomic E-state index is 5.30. The zero-order valence-corrected chi connectivity index (χ0v) is 11.6. The zero-order chi connectivity index (χ0) is 13.8. The molecular formula is C13H19N5O2. The molecule has 3 rings (SSSR count). The van der Waals surface area contributed by atoms with E-state index in [1.807, 2.05) is 0 Å². The predicted octanol–water partition coefficient (Wildman–Crippen LogP) is 1.47. The summed E-state index contributed by atoms with van der Waals surface area (Å²) < 4.78 is 10.1. The third kappa shape index (κ3) is 2.73. The van der Waals surface area contributed by atoms with Crippen molar-refractivity contribution in [3.8, 4) is 11.6 Å². The van der Waals surface area contributed by atoms with Crippen molar-refractivity contribution >= 4 is 0 Å². The number of nitrogens with one attached hydrogen (secondary N) is 1. The topological polar surface area (TPSA) is 80.2 Å². The van der Waals surface area contributed by atoms with Crippen molar-refractivity contribution in [2.75, 3.05) is 26.2 Å². The van der Waals surface area contributed by atoms with Gasteiger partial charge in [0.15, 0.2) is 11.5 Å². The molecule has 0 bridgehead atoms. The van der Waals surface area contributed by atoms with Gasteiger partial charge in [-0.25, -0.2) is 0 Å². The Labute approximate surface area is 117 Å². The minimum absolute atomic E-state index is 0.214. The second-order valence-electron chi connectivity index (χ2n) is 4.93. The third-order valence-corrected chi connectivity index (χ3v) is 3.55. The van der Waals surface area contributed by atoms with Crippen LogP contribution in [0, 0.1) is 0 Å². The molecule has 1 atom stereocenters. The van der Waals surface area contributed by atoms with Gasteiger partial charge in [-0.05, 0) is 6.42 Å². The van der Waals surface area contributed by atoms with E-state index in [0.29, 0.717) is 11.6 Å². The second-order valence-corrected chi connectivity index (χ2v) is 4.93. The van der Waals surface area contributed by atoms with E-state index in [-0.39, 0.29) is 6.04 Å². The number of hydrogen-bond donors (Lipinski definition) is 1. The molecule has 1 aliphatic rings. The highest BCUT2D eigenvalue weighted by Crippen LogP contribution is 2.25. The molecule has 20 heavy (non-hydrogen) atoms. The Kier molecular flexibility index (Phi) is 4.08. The van der Waals surface area contributed by atoms with Crippen molar-refractivity contribution in [3.63, 3.8) is 0 Å². The first-order valence-corrected chi connectivity index (χ1v) is 7.07. The van der Waals surface area contributed by atoms with Crippen molar-refractivity contribution in [3.05, 3.63) is 18.2 Å². The molecule has 2 aromatic heterocycles. The van der Waals surface area contributed by atoms with Crippen molar-refractivity contribution in [2.45, 2.75) is 25.8 Å². The van der Waals surface area contributed by atoms with Gasteiger partial charge in [-0.15, -0.1) is 0 Å². The highest BCUT2D eigenvalue weighted by Gasteiger charge is 2.26. The fraction of sp³-hybridized carbons (Fsp3) is 0.615. The van der Waals surface area contributed by atoms with Crippen LogP contribution in [0.5, 0.6) is 0 Å². The molecule has 0 amide bonds. The molecule has 7 heteroatoms. The maximum Gasteiger partial charge on any atom is 0.280 e. The molecule has 1 fully saturated rings. The quantitative estimate of drug-likeness (QED) is 0.886. The van der Waals surface area contributed by atoms with E-state index in [9.17, 15) is 0 Å². The van der Waals surface area contributed by atoms with E-state index < -0.39 is 0 Å². The summed E-state index contributed by atoms with van der Waals surface area (Å²) in [5.74, 6) is 1.16. The average molecular weight is 277 g/mol. The summed E-state index contributed by atoms with van der Waals surface area (Å²) in [6, 6.07) is 1.93. The molecule has 1 unspecified atom stereocenters. The van der Waals surface area contributed by atoms with Gasteiger partial charge in [-0.1, -0.05) is 23.7 Å². The summed E-state index contributed by atoms with van der Waals surface area (Å²) in [6.07, 6.45) is 3.61. The fourth-order valence-corrected chi connectivity index (χ4v) is 2.54. The van der Waals surface area contributed by atoms with Crippen LogP contribution in [0.4, 0.5) is 0 Å². The van der Waals surface area contributed by atoms with Crippen LogP contribution in [0.1, 0.15) is 31.6 Å². The van der Waals surface area contributed by atoms with Gasteiger partial charge in [-0.3, -0.25) is 4.90 Å². The number of hydrogen-bond acceptors (Lipinski definition) is 7. The van der Waals surface area contributed by atoms with Gasteiger partial charge < -0.3 is 14.4 Å². The van der Waals surface area contributed by atoms with Gasteiger partial charge in [0, 0.05) is 32.2 Å². The molecule has 0 spiro atoms. The molecule has 3 heterocycles. The van der Waals surface area contributed by atoms with Crippen LogP contribution >= 0.6 is 0 Å². The summed E-state index contributed by atoms with van der Waals surface area (Å²) >= 11 is 0. The average Bonchev–Trinajstić information content (AvgIpc) is 3.16. The Morgan fingerprint density at radius 3 is 2.90 bits per heavy atom. The van der Waals surface area contributed by atoms with E-state index in [0.717, 1.165) is 44.8 Å². The van der Waals surface area contributed by atoms with Gasteiger partial charge in [0.05, 0.1) is 6.04 Å². The lowest BCUT2D eigenvalue weighted by atomic mass is 10.1. The SMILES string of the molecule is CCCC(c1noc(-c2ccon2)n1)N1CCNCC1. The van der Waals surface area contributed by atoms with E-state index in [2.05, 4.69) is 32.4 Å². The highest BCUT2D eigenvalue weighted by atomic mass is 16.5. The first-order chi connectivity index (χ1) is 9.88. The smallest absolute Gasteiger partial charge is 0.280 e. The lowest BCUT2D eigenvalue weighted by Gasteiger charge is -2.32. The van der Waals surface area contributed by atoms with Crippen LogP contribution in [0.3, 0.4) is 0 Å². The zero-order valence-electron chi connectivity index (χ0n) is 11.6. The van der Waals surface area contributed by atoms with E-state index in [1.54, 1.807) is 6.07 Å². The molecule has 0 radical (unpaired) electrons. The monoisotopic (exact) mass is 277 g/mol. The van der Waals surface area contributed by atoms with E-state index in [1.165, 1.54) is 6.26 Å². The first-order valence-electron chi connectivity index (χ1n) is 7.07. The van der Waals surface area contributed by atoms with Crippen molar-refractivity contribution in [1.82, 2.24) is 25.5 Å². The second kappa shape index (κ2) is 6.15. The molecule has 1 aliphatic heterocycles. The molecule has 1 N–H and O–H groups in total.